The summed E-state index contributed by atoms with van der Waals surface area (Å²) < 4.78 is 1.42. The van der Waals surface area contributed by atoms with E-state index in [9.17, 15) is 14.7 Å². The van der Waals surface area contributed by atoms with Gasteiger partial charge in [-0.3, -0.25) is 14.2 Å². The van der Waals surface area contributed by atoms with Crippen LogP contribution in [0.4, 0.5) is 0 Å². The van der Waals surface area contributed by atoms with E-state index in [1.165, 1.54) is 16.3 Å². The molecule has 0 saturated heterocycles. The zero-order chi connectivity index (χ0) is 20.4. The normalized spacial score (nSPS) is 12.3. The third-order valence-electron chi connectivity index (χ3n) is 4.49. The molecule has 1 atom stereocenters. The van der Waals surface area contributed by atoms with E-state index < -0.39 is 6.10 Å². The molecule has 0 spiro atoms. The van der Waals surface area contributed by atoms with Gasteiger partial charge in [-0.25, -0.2) is 4.98 Å². The number of carbonyl (C=O) groups is 1. The Bertz CT molecular complexity index is 1110. The average Bonchev–Trinajstić information content (AvgIpc) is 2.64. The molecule has 1 heterocycles. The number of aliphatic hydroxyl groups excluding tert-OH is 1. The largest absolute Gasteiger partial charge is 0.392 e. The van der Waals surface area contributed by atoms with Crippen LogP contribution in [-0.2, 0) is 6.54 Å². The first kappa shape index (κ1) is 20.6. The number of benzene rings is 2. The van der Waals surface area contributed by atoms with Gasteiger partial charge in [0.25, 0.3) is 5.56 Å². The van der Waals surface area contributed by atoms with Crippen LogP contribution in [0.3, 0.4) is 0 Å². The number of ketones is 1. The first-order valence-corrected chi connectivity index (χ1v) is 10.2. The van der Waals surface area contributed by atoms with Crippen LogP contribution in [0.5, 0.6) is 0 Å². The number of hydrogen-bond donors (Lipinski definition) is 1. The van der Waals surface area contributed by atoms with Gasteiger partial charge in [-0.05, 0) is 56.2 Å². The molecule has 2 aromatic carbocycles. The summed E-state index contributed by atoms with van der Waals surface area (Å²) in [5.74, 6) is 0.0954. The second-order valence-electron chi connectivity index (χ2n) is 6.83. The van der Waals surface area contributed by atoms with Crippen molar-refractivity contribution in [2.75, 3.05) is 5.75 Å². The number of thioether (sulfide) groups is 1. The molecular formula is C21H21ClN2O3S. The van der Waals surface area contributed by atoms with Crippen LogP contribution in [0.25, 0.3) is 10.9 Å². The van der Waals surface area contributed by atoms with E-state index in [0.29, 0.717) is 26.6 Å². The molecule has 0 aliphatic rings. The Balaban J connectivity index is 1.95. The van der Waals surface area contributed by atoms with E-state index >= 15 is 0 Å². The number of fused-ring (bicyclic) bond motifs is 1. The molecule has 0 aliphatic heterocycles. The lowest BCUT2D eigenvalue weighted by Gasteiger charge is -2.14. The van der Waals surface area contributed by atoms with Crippen molar-refractivity contribution >= 4 is 40.0 Å². The van der Waals surface area contributed by atoms with E-state index in [2.05, 4.69) is 4.98 Å². The van der Waals surface area contributed by atoms with Gasteiger partial charge in [-0.2, -0.15) is 0 Å². The number of aryl methyl sites for hydroxylation is 2. The molecular weight excluding hydrogens is 396 g/mol. The summed E-state index contributed by atoms with van der Waals surface area (Å²) in [7, 11) is 0. The quantitative estimate of drug-likeness (QED) is 0.373. The minimum Gasteiger partial charge on any atom is -0.392 e. The number of aromatic nitrogens is 2. The zero-order valence-electron chi connectivity index (χ0n) is 15.9. The van der Waals surface area contributed by atoms with Crippen LogP contribution >= 0.6 is 23.4 Å². The van der Waals surface area contributed by atoms with Gasteiger partial charge in [0, 0.05) is 10.6 Å². The van der Waals surface area contributed by atoms with Crippen molar-refractivity contribution in [1.82, 2.24) is 9.55 Å². The van der Waals surface area contributed by atoms with Gasteiger partial charge in [-0.1, -0.05) is 35.5 Å². The summed E-state index contributed by atoms with van der Waals surface area (Å²) >= 11 is 7.22. The summed E-state index contributed by atoms with van der Waals surface area (Å²) in [6.45, 7) is 5.67. The Morgan fingerprint density at radius 2 is 1.96 bits per heavy atom. The maximum Gasteiger partial charge on any atom is 0.262 e. The summed E-state index contributed by atoms with van der Waals surface area (Å²) in [5, 5.41) is 11.1. The molecule has 1 aromatic heterocycles. The molecule has 5 nitrogen and oxygen atoms in total. The van der Waals surface area contributed by atoms with Crippen LogP contribution in [0, 0.1) is 13.8 Å². The second kappa shape index (κ2) is 8.47. The maximum atomic E-state index is 12.9. The van der Waals surface area contributed by atoms with Crippen LogP contribution in [0.1, 0.15) is 28.4 Å². The Labute approximate surface area is 172 Å². The molecule has 3 rings (SSSR count). The molecule has 7 heteroatoms. The van der Waals surface area contributed by atoms with Crippen molar-refractivity contribution in [2.45, 2.75) is 38.6 Å². The van der Waals surface area contributed by atoms with Crippen molar-refractivity contribution < 1.29 is 9.90 Å². The van der Waals surface area contributed by atoms with E-state index in [-0.39, 0.29) is 23.6 Å². The lowest BCUT2D eigenvalue weighted by atomic mass is 10.0. The first-order valence-electron chi connectivity index (χ1n) is 8.87. The van der Waals surface area contributed by atoms with E-state index in [0.717, 1.165) is 11.1 Å². The van der Waals surface area contributed by atoms with Gasteiger partial charge in [-0.15, -0.1) is 0 Å². The van der Waals surface area contributed by atoms with Crippen LogP contribution < -0.4 is 5.56 Å². The zero-order valence-corrected chi connectivity index (χ0v) is 17.5. The number of Topliss-reactive ketones (excluding diaryl/α,β-unsaturated/α-hetero) is 1. The van der Waals surface area contributed by atoms with Crippen LogP contribution in [0.15, 0.2) is 46.3 Å². The number of carbonyl (C=O) groups excluding carboxylic acids is 1. The summed E-state index contributed by atoms with van der Waals surface area (Å²) in [6, 6.07) is 10.5. The van der Waals surface area contributed by atoms with Gasteiger partial charge >= 0.3 is 0 Å². The molecule has 0 amide bonds. The topological polar surface area (TPSA) is 72.2 Å². The van der Waals surface area contributed by atoms with Gasteiger partial charge in [0.2, 0.25) is 0 Å². The Morgan fingerprint density at radius 1 is 1.21 bits per heavy atom. The molecule has 28 heavy (non-hydrogen) atoms. The molecule has 1 N–H and O–H groups in total. The standard InChI is InChI=1S/C21H21ClN2O3S/c1-12-4-5-15(8-13(12)2)19(26)11-28-21-23-18-9-16(22)6-7-17(18)20(27)24(21)10-14(3)25/h4-9,14,25H,10-11H2,1-3H3. The smallest absolute Gasteiger partial charge is 0.262 e. The van der Waals surface area contributed by atoms with Crippen molar-refractivity contribution in [3.63, 3.8) is 0 Å². The highest BCUT2D eigenvalue weighted by Gasteiger charge is 2.16. The van der Waals surface area contributed by atoms with Crippen molar-refractivity contribution in [3.8, 4) is 0 Å². The number of nitrogens with zero attached hydrogens (tertiary/aromatic N) is 2. The van der Waals surface area contributed by atoms with Crippen molar-refractivity contribution in [3.05, 3.63) is 68.5 Å². The Hall–Kier alpha value is -2.15. The average molecular weight is 417 g/mol. The molecule has 1 unspecified atom stereocenters. The number of rotatable bonds is 6. The lowest BCUT2D eigenvalue weighted by molar-refractivity contribution is 0.102. The van der Waals surface area contributed by atoms with Gasteiger partial charge < -0.3 is 5.11 Å². The Morgan fingerprint density at radius 3 is 2.64 bits per heavy atom. The maximum absolute atomic E-state index is 12.9. The first-order chi connectivity index (χ1) is 13.3. The highest BCUT2D eigenvalue weighted by molar-refractivity contribution is 7.99. The van der Waals surface area contributed by atoms with Crippen LogP contribution in [0.2, 0.25) is 5.02 Å². The monoisotopic (exact) mass is 416 g/mol. The summed E-state index contributed by atoms with van der Waals surface area (Å²) in [4.78, 5) is 30.0. The lowest BCUT2D eigenvalue weighted by Crippen LogP contribution is -2.28. The Kier molecular flexibility index (Phi) is 6.23. The molecule has 0 bridgehead atoms. The van der Waals surface area contributed by atoms with Gasteiger partial charge in [0.15, 0.2) is 10.9 Å². The predicted octanol–water partition coefficient (Wildman–Crippen LogP) is 4.02. The number of hydrogen-bond acceptors (Lipinski definition) is 5. The van der Waals surface area contributed by atoms with Crippen molar-refractivity contribution in [2.24, 2.45) is 0 Å². The summed E-state index contributed by atoms with van der Waals surface area (Å²) in [6.07, 6.45) is -0.723. The SMILES string of the molecule is Cc1ccc(C(=O)CSc2nc3cc(Cl)ccc3c(=O)n2CC(C)O)cc1C. The highest BCUT2D eigenvalue weighted by Crippen LogP contribution is 2.22. The molecule has 0 saturated carbocycles. The van der Waals surface area contributed by atoms with Crippen molar-refractivity contribution in [1.29, 1.82) is 0 Å². The third-order valence-corrected chi connectivity index (χ3v) is 5.70. The van der Waals surface area contributed by atoms with E-state index in [1.807, 2.05) is 32.0 Å². The molecule has 0 aliphatic carbocycles. The minimum atomic E-state index is -0.723. The number of aliphatic hydroxyl groups is 1. The molecule has 146 valence electrons. The minimum absolute atomic E-state index is 0.0443. The fraction of sp³-hybridized carbons (Fsp3) is 0.286. The second-order valence-corrected chi connectivity index (χ2v) is 8.21. The van der Waals surface area contributed by atoms with E-state index in [4.69, 9.17) is 11.6 Å². The number of halogens is 1. The fourth-order valence-corrected chi connectivity index (χ4v) is 3.91. The highest BCUT2D eigenvalue weighted by atomic mass is 35.5. The molecule has 0 fully saturated rings. The van der Waals surface area contributed by atoms with E-state index in [1.54, 1.807) is 25.1 Å². The third kappa shape index (κ3) is 4.46. The predicted molar refractivity (Wildman–Crippen MR) is 114 cm³/mol. The summed E-state index contributed by atoms with van der Waals surface area (Å²) in [5.41, 5.74) is 3.02. The van der Waals surface area contributed by atoms with Crippen LogP contribution in [-0.4, -0.2) is 32.3 Å². The molecule has 3 aromatic rings. The van der Waals surface area contributed by atoms with Gasteiger partial charge in [0.1, 0.15) is 0 Å². The fourth-order valence-electron chi connectivity index (χ4n) is 2.84. The molecule has 0 radical (unpaired) electrons. The van der Waals surface area contributed by atoms with Gasteiger partial charge in [0.05, 0.1) is 29.3 Å².